The molecule has 0 aliphatic rings. The fourth-order valence-corrected chi connectivity index (χ4v) is 4.04. The molecule has 27 heavy (non-hydrogen) atoms. The number of nitrogens with one attached hydrogen (secondary N) is 2. The largest absolute Gasteiger partial charge is 0.363 e. The number of para-hydroxylation sites is 2. The molecule has 0 radical (unpaired) electrons. The highest BCUT2D eigenvalue weighted by Gasteiger charge is 2.16. The minimum absolute atomic E-state index is 0.0240. The summed E-state index contributed by atoms with van der Waals surface area (Å²) >= 11 is 3.11. The summed E-state index contributed by atoms with van der Waals surface area (Å²) < 4.78 is 0. The Labute approximate surface area is 163 Å². The Morgan fingerprint density at radius 3 is 2.81 bits per heavy atom. The first-order valence-corrected chi connectivity index (χ1v) is 10.1. The zero-order valence-electron chi connectivity index (χ0n) is 14.1. The van der Waals surface area contributed by atoms with Crippen LogP contribution in [0.25, 0.3) is 21.6 Å². The Hall–Kier alpha value is -2.91. The molecule has 9 heteroatoms. The number of nitro groups is 1. The zero-order valence-corrected chi connectivity index (χ0v) is 15.7. The van der Waals surface area contributed by atoms with Gasteiger partial charge in [-0.25, -0.2) is 9.97 Å². The second kappa shape index (κ2) is 7.77. The number of thioether (sulfide) groups is 1. The number of benzene rings is 1. The van der Waals surface area contributed by atoms with Crippen LogP contribution in [0.15, 0.2) is 59.1 Å². The van der Waals surface area contributed by atoms with Crippen LogP contribution in [0.1, 0.15) is 0 Å². The number of aromatic nitrogens is 3. The van der Waals surface area contributed by atoms with Crippen molar-refractivity contribution in [3.8, 4) is 10.6 Å². The third kappa shape index (κ3) is 3.93. The Balaban J connectivity index is 1.43. The third-order valence-electron chi connectivity index (χ3n) is 3.85. The van der Waals surface area contributed by atoms with E-state index in [4.69, 9.17) is 0 Å². The van der Waals surface area contributed by atoms with Crippen molar-refractivity contribution in [2.45, 2.75) is 5.16 Å². The third-order valence-corrected chi connectivity index (χ3v) is 5.61. The van der Waals surface area contributed by atoms with Gasteiger partial charge in [-0.1, -0.05) is 30.0 Å². The lowest BCUT2D eigenvalue weighted by Crippen LogP contribution is -2.08. The molecule has 0 saturated carbocycles. The maximum Gasteiger partial charge on any atom is 0.311 e. The minimum Gasteiger partial charge on any atom is -0.363 e. The standard InChI is InChI=1S/C18H15N5O2S2/c24-23(25)15-8-7-14(16-6-3-10-26-16)20-17(15)19-9-11-27-18-21-12-4-1-2-5-13(12)22-18/h1-8,10H,9,11H2,(H,19,20)(H,21,22). The number of H-pyrrole nitrogens is 1. The van der Waals surface area contributed by atoms with Crippen molar-refractivity contribution in [1.29, 1.82) is 0 Å². The van der Waals surface area contributed by atoms with E-state index in [1.165, 1.54) is 6.07 Å². The molecule has 4 aromatic rings. The Bertz CT molecular complexity index is 1050. The second-order valence-corrected chi connectivity index (χ2v) is 7.66. The SMILES string of the molecule is O=[N+]([O-])c1ccc(-c2cccs2)nc1NCCSc1nc2ccccc2[nH]1. The van der Waals surface area contributed by atoms with Crippen LogP contribution in [0.4, 0.5) is 11.5 Å². The van der Waals surface area contributed by atoms with E-state index in [-0.39, 0.29) is 11.5 Å². The Morgan fingerprint density at radius 2 is 2.04 bits per heavy atom. The molecule has 2 N–H and O–H groups in total. The monoisotopic (exact) mass is 397 g/mol. The number of fused-ring (bicyclic) bond motifs is 1. The predicted molar refractivity (Wildman–Crippen MR) is 110 cm³/mol. The van der Waals surface area contributed by atoms with Gasteiger partial charge in [0.05, 0.1) is 26.5 Å². The molecule has 4 rings (SSSR count). The van der Waals surface area contributed by atoms with Gasteiger partial charge < -0.3 is 10.3 Å². The van der Waals surface area contributed by atoms with Gasteiger partial charge in [-0.2, -0.15) is 0 Å². The first kappa shape index (κ1) is 17.5. The number of imidazole rings is 1. The highest BCUT2D eigenvalue weighted by molar-refractivity contribution is 7.99. The van der Waals surface area contributed by atoms with Crippen LogP contribution in [0, 0.1) is 10.1 Å². The topological polar surface area (TPSA) is 96.7 Å². The summed E-state index contributed by atoms with van der Waals surface area (Å²) in [4.78, 5) is 24.0. The smallest absolute Gasteiger partial charge is 0.311 e. The van der Waals surface area contributed by atoms with E-state index in [0.717, 1.165) is 26.8 Å². The number of rotatable bonds is 7. The lowest BCUT2D eigenvalue weighted by molar-refractivity contribution is -0.384. The van der Waals surface area contributed by atoms with Crippen molar-refractivity contribution < 1.29 is 4.92 Å². The number of nitrogens with zero attached hydrogens (tertiary/aromatic N) is 3. The summed E-state index contributed by atoms with van der Waals surface area (Å²) in [7, 11) is 0. The summed E-state index contributed by atoms with van der Waals surface area (Å²) in [5.41, 5.74) is 2.62. The van der Waals surface area contributed by atoms with E-state index < -0.39 is 4.92 Å². The molecule has 7 nitrogen and oxygen atoms in total. The van der Waals surface area contributed by atoms with Crippen LogP contribution in [0.5, 0.6) is 0 Å². The summed E-state index contributed by atoms with van der Waals surface area (Å²) in [5.74, 6) is 0.984. The number of thiophene rings is 1. The quantitative estimate of drug-likeness (QED) is 0.201. The van der Waals surface area contributed by atoms with Gasteiger partial charge in [0.2, 0.25) is 5.82 Å². The maximum atomic E-state index is 11.3. The molecule has 0 aliphatic heterocycles. The fourth-order valence-electron chi connectivity index (χ4n) is 2.61. The number of hydrogen-bond acceptors (Lipinski definition) is 7. The van der Waals surface area contributed by atoms with E-state index in [1.54, 1.807) is 29.2 Å². The molecule has 0 aliphatic carbocycles. The molecule has 3 heterocycles. The molecule has 0 spiro atoms. The average molecular weight is 397 g/mol. The van der Waals surface area contributed by atoms with Gasteiger partial charge in [-0.15, -0.1) is 11.3 Å². The van der Waals surface area contributed by atoms with Crippen LogP contribution < -0.4 is 5.32 Å². The lowest BCUT2D eigenvalue weighted by atomic mass is 10.3. The van der Waals surface area contributed by atoms with E-state index in [2.05, 4.69) is 20.3 Å². The van der Waals surface area contributed by atoms with Crippen LogP contribution in [0.3, 0.4) is 0 Å². The van der Waals surface area contributed by atoms with Crippen LogP contribution in [-0.2, 0) is 0 Å². The molecule has 3 aromatic heterocycles. The highest BCUT2D eigenvalue weighted by atomic mass is 32.2. The van der Waals surface area contributed by atoms with Crippen molar-refractivity contribution >= 4 is 45.6 Å². The van der Waals surface area contributed by atoms with Gasteiger partial charge in [-0.05, 0) is 29.6 Å². The normalized spacial score (nSPS) is 11.0. The molecule has 0 amide bonds. The Morgan fingerprint density at radius 1 is 1.15 bits per heavy atom. The van der Waals surface area contributed by atoms with Crippen molar-refractivity contribution in [2.24, 2.45) is 0 Å². The average Bonchev–Trinajstić information content (AvgIpc) is 3.34. The van der Waals surface area contributed by atoms with Gasteiger partial charge in [-0.3, -0.25) is 10.1 Å². The van der Waals surface area contributed by atoms with Crippen molar-refractivity contribution in [1.82, 2.24) is 15.0 Å². The first-order valence-electron chi connectivity index (χ1n) is 8.21. The molecule has 0 atom stereocenters. The van der Waals surface area contributed by atoms with Gasteiger partial charge >= 0.3 is 5.69 Å². The first-order chi connectivity index (χ1) is 13.2. The molecule has 0 bridgehead atoms. The summed E-state index contributed by atoms with van der Waals surface area (Å²) in [6.07, 6.45) is 0. The molecule has 0 fully saturated rings. The van der Waals surface area contributed by atoms with Crippen molar-refractivity contribution in [3.05, 3.63) is 64.0 Å². The van der Waals surface area contributed by atoms with E-state index in [0.29, 0.717) is 12.3 Å². The number of hydrogen-bond donors (Lipinski definition) is 2. The maximum absolute atomic E-state index is 11.3. The van der Waals surface area contributed by atoms with Gasteiger partial charge in [0.1, 0.15) is 0 Å². The minimum atomic E-state index is -0.417. The molecule has 136 valence electrons. The van der Waals surface area contributed by atoms with Crippen molar-refractivity contribution in [3.63, 3.8) is 0 Å². The summed E-state index contributed by atoms with van der Waals surface area (Å²) in [6, 6.07) is 14.9. The molecule has 1 aromatic carbocycles. The van der Waals surface area contributed by atoms with Gasteiger partial charge in [0, 0.05) is 18.4 Å². The zero-order chi connectivity index (χ0) is 18.6. The molecular weight excluding hydrogens is 382 g/mol. The Kier molecular flexibility index (Phi) is 5.03. The number of aromatic amines is 1. The van der Waals surface area contributed by atoms with Crippen molar-refractivity contribution in [2.75, 3.05) is 17.6 Å². The van der Waals surface area contributed by atoms with E-state index in [1.807, 2.05) is 41.8 Å². The number of pyridine rings is 1. The van der Waals surface area contributed by atoms with E-state index in [9.17, 15) is 10.1 Å². The van der Waals surface area contributed by atoms with E-state index >= 15 is 0 Å². The lowest BCUT2D eigenvalue weighted by Gasteiger charge is -2.07. The van der Waals surface area contributed by atoms with Crippen LogP contribution in [0.2, 0.25) is 0 Å². The summed E-state index contributed by atoms with van der Waals surface area (Å²) in [6.45, 7) is 0.531. The predicted octanol–water partition coefficient (Wildman–Crippen LogP) is 4.80. The molecular formula is C18H15N5O2S2. The van der Waals surface area contributed by atoms with Crippen LogP contribution >= 0.6 is 23.1 Å². The highest BCUT2D eigenvalue weighted by Crippen LogP contribution is 2.29. The van der Waals surface area contributed by atoms with Gasteiger partial charge in [0.15, 0.2) is 5.16 Å². The van der Waals surface area contributed by atoms with Crippen LogP contribution in [-0.4, -0.2) is 32.2 Å². The number of anilines is 1. The molecule has 0 saturated heterocycles. The summed E-state index contributed by atoms with van der Waals surface area (Å²) in [5, 5.41) is 17.2. The second-order valence-electron chi connectivity index (χ2n) is 5.63. The van der Waals surface area contributed by atoms with Gasteiger partial charge in [0.25, 0.3) is 0 Å². The fraction of sp³-hybridized carbons (Fsp3) is 0.111. The molecule has 0 unspecified atom stereocenters.